The average molecular weight is 422 g/mol. The van der Waals surface area contributed by atoms with Crippen LogP contribution in [0.25, 0.3) is 0 Å². The predicted molar refractivity (Wildman–Crippen MR) is 108 cm³/mol. The van der Waals surface area contributed by atoms with E-state index >= 15 is 0 Å². The number of fused-ring (bicyclic) bond motifs is 1. The maximum Gasteiger partial charge on any atom is 0.253 e. The topological polar surface area (TPSA) is 55.8 Å². The van der Waals surface area contributed by atoms with Crippen molar-refractivity contribution in [1.29, 1.82) is 0 Å². The van der Waals surface area contributed by atoms with Crippen LogP contribution < -0.4 is 9.47 Å². The summed E-state index contributed by atoms with van der Waals surface area (Å²) in [5, 5.41) is 3.76. The van der Waals surface area contributed by atoms with Gasteiger partial charge in [-0.3, -0.25) is 0 Å². The lowest BCUT2D eigenvalue weighted by Gasteiger charge is -2.36. The SMILES string of the molecule is COc1cc2c(cc1OC)[C@H](c1cccs1)N(S(=O)(=O)c1cccs1)CC2. The summed E-state index contributed by atoms with van der Waals surface area (Å²) in [6, 6.07) is 10.9. The van der Waals surface area contributed by atoms with Gasteiger partial charge in [0.2, 0.25) is 0 Å². The van der Waals surface area contributed by atoms with Crippen LogP contribution in [0.4, 0.5) is 0 Å². The number of ether oxygens (including phenoxy) is 2. The minimum atomic E-state index is -3.59. The summed E-state index contributed by atoms with van der Waals surface area (Å²) in [5.74, 6) is 1.27. The molecular weight excluding hydrogens is 402 g/mol. The third kappa shape index (κ3) is 3.16. The maximum absolute atomic E-state index is 13.3. The lowest BCUT2D eigenvalue weighted by Crippen LogP contribution is -2.40. The van der Waals surface area contributed by atoms with E-state index < -0.39 is 10.0 Å². The molecule has 0 aliphatic carbocycles. The van der Waals surface area contributed by atoms with Crippen molar-refractivity contribution in [1.82, 2.24) is 4.31 Å². The van der Waals surface area contributed by atoms with Crippen LogP contribution in [-0.4, -0.2) is 33.5 Å². The summed E-state index contributed by atoms with van der Waals surface area (Å²) in [6.45, 7) is 0.422. The molecule has 0 saturated heterocycles. The lowest BCUT2D eigenvalue weighted by molar-refractivity contribution is 0.334. The number of benzene rings is 1. The second-order valence-corrected chi connectivity index (χ2v) is 10.2. The zero-order chi connectivity index (χ0) is 19.0. The second-order valence-electron chi connectivity index (χ2n) is 6.12. The molecule has 1 aromatic carbocycles. The highest BCUT2D eigenvalue weighted by Gasteiger charge is 2.39. The molecule has 3 heterocycles. The van der Waals surface area contributed by atoms with Crippen molar-refractivity contribution in [3.05, 3.63) is 63.2 Å². The molecule has 0 amide bonds. The summed E-state index contributed by atoms with van der Waals surface area (Å²) in [7, 11) is -0.386. The van der Waals surface area contributed by atoms with E-state index in [1.54, 1.807) is 47.4 Å². The summed E-state index contributed by atoms with van der Waals surface area (Å²) in [4.78, 5) is 0.989. The molecule has 142 valence electrons. The van der Waals surface area contributed by atoms with Gasteiger partial charge in [-0.15, -0.1) is 22.7 Å². The number of hydrogen-bond donors (Lipinski definition) is 0. The first-order chi connectivity index (χ1) is 13.1. The summed E-state index contributed by atoms with van der Waals surface area (Å²) in [5.41, 5.74) is 2.03. The van der Waals surface area contributed by atoms with Gasteiger partial charge < -0.3 is 9.47 Å². The molecule has 0 bridgehead atoms. The molecule has 5 nitrogen and oxygen atoms in total. The zero-order valence-electron chi connectivity index (χ0n) is 14.9. The van der Waals surface area contributed by atoms with Crippen molar-refractivity contribution < 1.29 is 17.9 Å². The number of sulfonamides is 1. The van der Waals surface area contributed by atoms with Crippen molar-refractivity contribution in [2.45, 2.75) is 16.7 Å². The average Bonchev–Trinajstić information content (AvgIpc) is 3.39. The Balaban J connectivity index is 1.89. The first-order valence-corrected chi connectivity index (χ1v) is 11.6. The largest absolute Gasteiger partial charge is 0.493 e. The molecule has 0 unspecified atom stereocenters. The van der Waals surface area contributed by atoms with Gasteiger partial charge >= 0.3 is 0 Å². The van der Waals surface area contributed by atoms with Crippen LogP contribution in [-0.2, 0) is 16.4 Å². The molecule has 1 atom stereocenters. The number of nitrogens with zero attached hydrogens (tertiary/aromatic N) is 1. The van der Waals surface area contributed by atoms with Crippen molar-refractivity contribution in [2.24, 2.45) is 0 Å². The molecule has 8 heteroatoms. The van der Waals surface area contributed by atoms with Crippen molar-refractivity contribution in [3.63, 3.8) is 0 Å². The van der Waals surface area contributed by atoms with Gasteiger partial charge in [-0.05, 0) is 52.6 Å². The molecule has 1 aliphatic heterocycles. The molecule has 27 heavy (non-hydrogen) atoms. The Hall–Kier alpha value is -1.87. The summed E-state index contributed by atoms with van der Waals surface area (Å²) < 4.78 is 39.5. The van der Waals surface area contributed by atoms with Gasteiger partial charge in [0.15, 0.2) is 11.5 Å². The maximum atomic E-state index is 13.3. The summed E-state index contributed by atoms with van der Waals surface area (Å²) >= 11 is 2.81. The first kappa shape index (κ1) is 18.5. The second kappa shape index (κ2) is 7.27. The standard InChI is InChI=1S/C19H19NO4S3/c1-23-15-11-13-7-8-20(27(21,22)18-6-4-10-26-18)19(17-5-3-9-25-17)14(13)12-16(15)24-2/h3-6,9-12,19H,7-8H2,1-2H3/t19-/m1/s1. The Morgan fingerprint density at radius 3 is 2.37 bits per heavy atom. The molecule has 0 radical (unpaired) electrons. The molecule has 1 aliphatic rings. The van der Waals surface area contributed by atoms with Crippen LogP contribution in [0.5, 0.6) is 11.5 Å². The molecular formula is C19H19NO4S3. The Morgan fingerprint density at radius 1 is 1.04 bits per heavy atom. The van der Waals surface area contributed by atoms with E-state index in [-0.39, 0.29) is 6.04 Å². The number of hydrogen-bond acceptors (Lipinski definition) is 6. The van der Waals surface area contributed by atoms with E-state index in [1.165, 1.54) is 11.3 Å². The van der Waals surface area contributed by atoms with Gasteiger partial charge in [0.05, 0.1) is 20.3 Å². The number of methoxy groups -OCH3 is 2. The Morgan fingerprint density at radius 2 is 1.74 bits per heavy atom. The van der Waals surface area contributed by atoms with E-state index in [9.17, 15) is 8.42 Å². The Labute approximate surface area is 166 Å². The highest BCUT2D eigenvalue weighted by Crippen LogP contribution is 2.44. The van der Waals surface area contributed by atoms with Crippen LogP contribution in [0.3, 0.4) is 0 Å². The highest BCUT2D eigenvalue weighted by molar-refractivity contribution is 7.91. The fourth-order valence-electron chi connectivity index (χ4n) is 3.45. The first-order valence-electron chi connectivity index (χ1n) is 8.40. The van der Waals surface area contributed by atoms with Crippen molar-refractivity contribution in [2.75, 3.05) is 20.8 Å². The minimum absolute atomic E-state index is 0.369. The van der Waals surface area contributed by atoms with Gasteiger partial charge in [0.25, 0.3) is 10.0 Å². The van der Waals surface area contributed by atoms with Gasteiger partial charge in [-0.1, -0.05) is 12.1 Å². The van der Waals surface area contributed by atoms with E-state index in [0.717, 1.165) is 16.0 Å². The third-order valence-electron chi connectivity index (χ3n) is 4.70. The van der Waals surface area contributed by atoms with E-state index in [0.29, 0.717) is 28.7 Å². The Kier molecular flexibility index (Phi) is 4.98. The molecule has 2 aromatic heterocycles. The Bertz CT molecular complexity index is 1030. The van der Waals surface area contributed by atoms with Gasteiger partial charge in [-0.2, -0.15) is 4.31 Å². The molecule has 0 N–H and O–H groups in total. The van der Waals surface area contributed by atoms with Crippen molar-refractivity contribution >= 4 is 32.7 Å². The number of thiophene rings is 2. The smallest absolute Gasteiger partial charge is 0.253 e. The fraction of sp³-hybridized carbons (Fsp3) is 0.263. The van der Waals surface area contributed by atoms with E-state index in [1.807, 2.05) is 29.6 Å². The van der Waals surface area contributed by atoms with E-state index in [2.05, 4.69) is 0 Å². The molecule has 0 saturated carbocycles. The molecule has 3 aromatic rings. The number of rotatable bonds is 5. The van der Waals surface area contributed by atoms with E-state index in [4.69, 9.17) is 9.47 Å². The summed E-state index contributed by atoms with van der Waals surface area (Å²) in [6.07, 6.45) is 0.627. The van der Waals surface area contributed by atoms with Crippen LogP contribution in [0, 0.1) is 0 Å². The van der Waals surface area contributed by atoms with Crippen molar-refractivity contribution in [3.8, 4) is 11.5 Å². The highest BCUT2D eigenvalue weighted by atomic mass is 32.2. The normalized spacial score (nSPS) is 17.5. The predicted octanol–water partition coefficient (Wildman–Crippen LogP) is 4.16. The monoisotopic (exact) mass is 421 g/mol. The van der Waals surface area contributed by atoms with Gasteiger partial charge in [0, 0.05) is 11.4 Å². The third-order valence-corrected chi connectivity index (χ3v) is 8.86. The molecule has 0 spiro atoms. The van der Waals surface area contributed by atoms with Crippen LogP contribution in [0.15, 0.2) is 51.4 Å². The molecule has 4 rings (SSSR count). The van der Waals surface area contributed by atoms with Gasteiger partial charge in [-0.25, -0.2) is 8.42 Å². The fourth-order valence-corrected chi connectivity index (χ4v) is 7.08. The minimum Gasteiger partial charge on any atom is -0.493 e. The van der Waals surface area contributed by atoms with Crippen LogP contribution in [0.2, 0.25) is 0 Å². The quantitative estimate of drug-likeness (QED) is 0.621. The molecule has 0 fully saturated rings. The lowest BCUT2D eigenvalue weighted by atomic mass is 9.92. The van der Waals surface area contributed by atoms with Crippen LogP contribution in [0.1, 0.15) is 22.0 Å². The zero-order valence-corrected chi connectivity index (χ0v) is 17.4. The van der Waals surface area contributed by atoms with Crippen LogP contribution >= 0.6 is 22.7 Å². The van der Waals surface area contributed by atoms with Gasteiger partial charge in [0.1, 0.15) is 4.21 Å².